The van der Waals surface area contributed by atoms with Crippen LogP contribution in [0.4, 0.5) is 0 Å². The van der Waals surface area contributed by atoms with E-state index in [1.165, 1.54) is 43.4 Å². The zero-order chi connectivity index (χ0) is 76.7. The van der Waals surface area contributed by atoms with Gasteiger partial charge >= 0.3 is 11.9 Å². The van der Waals surface area contributed by atoms with E-state index in [4.69, 9.17) is 33.2 Å². The molecule has 30 atom stereocenters. The molecule has 586 valence electrons. The maximum absolute atomic E-state index is 13.8. The van der Waals surface area contributed by atoms with Crippen LogP contribution >= 0.6 is 0 Å². The zero-order valence-electron chi connectivity index (χ0n) is 62.2. The molecule has 2 bridgehead atoms. The number of Topliss-reactive ketones (excluding diaryl/α,β-unsaturated/α-hetero) is 2. The number of allylic oxidation sites excluding steroid dienone is 2. The summed E-state index contributed by atoms with van der Waals surface area (Å²) in [7, 11) is 0. The summed E-state index contributed by atoms with van der Waals surface area (Å²) in [6, 6.07) is 4.40. The molecule has 103 heavy (non-hydrogen) atoms. The summed E-state index contributed by atoms with van der Waals surface area (Å²) in [5, 5.41) is 157. The number of hydrogen-bond acceptors (Lipinski definition) is 26. The van der Waals surface area contributed by atoms with Gasteiger partial charge in [0.05, 0.1) is 103 Å². The summed E-state index contributed by atoms with van der Waals surface area (Å²) >= 11 is 0. The first-order valence-corrected chi connectivity index (χ1v) is 37.4. The monoisotopic (exact) mass is 1460 g/mol. The fourth-order valence-electron chi connectivity index (χ4n) is 15.1. The standard InChI is InChI=1S/C77H122O26/c1-13-62(99-66-38-76(12,95)74(48(11)98-66)102-65-29-27-63(47(10)97-65)100-75(94)46(9)71(92)49-23-26-58-59(31-49)61(86)30-42(5)67(58)88)43(6)69(90)44(7)70(91)45(8)72-41(4)21-25-51(79)16-14-18-52(80)32-54(82)33-55(83)34-57-35-56(84)37-77(96,103-57)73(93)68(89)40(3)20-24-50(78)17-15-19-53(81)36-60(85)39(2)22-28-64(87)101-72/h21-23,25-26,28,30-31,39-41,43-48,50-57,60,62-63,65-66,68-72,74,78-85,89-92,95-96H,13-20,24,27,29,32-38H2,1-12H3/b25-21-,28-22-/t39-,40-,41+,43+,44-,45-,46+,47-,48+,50-,51-,52-,53+,54-,55-,56+,57-,60+,62-,63+,65-,66-,68-,69-,70-,71+,72+,74+,76-,77-/m1/s1. The molecule has 0 radical (unpaired) electrons. The topological polar surface area (TPSA) is 433 Å². The van der Waals surface area contributed by atoms with Gasteiger partial charge in [-0.1, -0.05) is 72.8 Å². The molecule has 0 saturated carbocycles. The number of cyclic esters (lactones) is 1. The van der Waals surface area contributed by atoms with Gasteiger partial charge < -0.3 is 105 Å². The van der Waals surface area contributed by atoms with E-state index in [2.05, 4.69) is 0 Å². The van der Waals surface area contributed by atoms with Gasteiger partial charge in [0.25, 0.3) is 0 Å². The number of aliphatic hydroxyl groups is 14. The molecule has 26 heteroatoms. The fourth-order valence-corrected chi connectivity index (χ4v) is 15.1. The van der Waals surface area contributed by atoms with Crippen molar-refractivity contribution in [1.29, 1.82) is 0 Å². The van der Waals surface area contributed by atoms with Gasteiger partial charge in [-0.25, -0.2) is 4.79 Å². The molecule has 0 unspecified atom stereocenters. The van der Waals surface area contributed by atoms with Crippen LogP contribution in [-0.4, -0.2) is 235 Å². The number of fused-ring (bicyclic) bond motifs is 3. The van der Waals surface area contributed by atoms with Crippen molar-refractivity contribution in [2.75, 3.05) is 0 Å². The van der Waals surface area contributed by atoms with Crippen LogP contribution in [0.2, 0.25) is 0 Å². The number of hydrogen-bond donors (Lipinski definition) is 14. The van der Waals surface area contributed by atoms with Crippen molar-refractivity contribution in [3.05, 3.63) is 70.8 Å². The lowest BCUT2D eigenvalue weighted by molar-refractivity contribution is -0.330. The Bertz CT molecular complexity index is 2970. The minimum absolute atomic E-state index is 0.0469. The summed E-state index contributed by atoms with van der Waals surface area (Å²) in [5.41, 5.74) is -0.565. The van der Waals surface area contributed by atoms with Crippen molar-refractivity contribution in [2.45, 2.75) is 339 Å². The van der Waals surface area contributed by atoms with Crippen molar-refractivity contribution in [3.8, 4) is 0 Å². The van der Waals surface area contributed by atoms with Crippen LogP contribution in [0.3, 0.4) is 0 Å². The number of aliphatic hydroxyl groups excluding tert-OH is 12. The average molecular weight is 1460 g/mol. The van der Waals surface area contributed by atoms with Crippen LogP contribution in [0.5, 0.6) is 0 Å². The van der Waals surface area contributed by atoms with Gasteiger partial charge in [0.15, 0.2) is 24.1 Å². The van der Waals surface area contributed by atoms with Gasteiger partial charge in [0.2, 0.25) is 11.6 Å². The van der Waals surface area contributed by atoms with E-state index in [0.29, 0.717) is 31.3 Å². The Labute approximate surface area is 606 Å². The molecule has 14 N–H and O–H groups in total. The lowest BCUT2D eigenvalue weighted by Crippen LogP contribution is -2.59. The quantitative estimate of drug-likeness (QED) is 0.0799. The third-order valence-corrected chi connectivity index (χ3v) is 21.9. The number of esters is 2. The number of rotatable bonds is 15. The Hall–Kier alpha value is -4.37. The highest BCUT2D eigenvalue weighted by atomic mass is 16.7. The summed E-state index contributed by atoms with van der Waals surface area (Å²) in [4.78, 5) is 66.0. The Balaban J connectivity index is 1.05. The smallest absolute Gasteiger partial charge is 0.330 e. The van der Waals surface area contributed by atoms with Gasteiger partial charge in [-0.2, -0.15) is 0 Å². The first-order valence-electron chi connectivity index (χ1n) is 37.4. The molecule has 6 rings (SSSR count). The van der Waals surface area contributed by atoms with Crippen LogP contribution in [0.15, 0.2) is 54.2 Å². The molecule has 26 nitrogen and oxygen atoms in total. The molecular formula is C77H122O26. The van der Waals surface area contributed by atoms with Crippen molar-refractivity contribution in [1.82, 2.24) is 0 Å². The Morgan fingerprint density at radius 2 is 1.27 bits per heavy atom. The maximum atomic E-state index is 13.8. The lowest BCUT2D eigenvalue weighted by atomic mass is 9.78. The first kappa shape index (κ1) is 87.5. The molecule has 1 aromatic rings. The minimum atomic E-state index is -2.58. The van der Waals surface area contributed by atoms with Crippen LogP contribution in [0.25, 0.3) is 0 Å². The van der Waals surface area contributed by atoms with E-state index in [0.717, 1.165) is 6.08 Å². The van der Waals surface area contributed by atoms with E-state index in [1.54, 1.807) is 75.3 Å². The third kappa shape index (κ3) is 24.8. The van der Waals surface area contributed by atoms with E-state index >= 15 is 0 Å². The molecule has 0 spiro atoms. The van der Waals surface area contributed by atoms with Crippen LogP contribution in [0.1, 0.15) is 231 Å². The van der Waals surface area contributed by atoms with Gasteiger partial charge in [-0.15, -0.1) is 0 Å². The second-order valence-electron chi connectivity index (χ2n) is 31.0. The van der Waals surface area contributed by atoms with Crippen LogP contribution < -0.4 is 0 Å². The first-order chi connectivity index (χ1) is 48.2. The number of carbonyl (C=O) groups excluding carboxylic acids is 5. The number of ether oxygens (including phenoxy) is 7. The van der Waals surface area contributed by atoms with Crippen molar-refractivity contribution < 1.29 is 129 Å². The van der Waals surface area contributed by atoms with Crippen LogP contribution in [0, 0.1) is 41.4 Å². The molecule has 4 heterocycles. The zero-order valence-corrected chi connectivity index (χ0v) is 62.2. The van der Waals surface area contributed by atoms with Gasteiger partial charge in [0.1, 0.15) is 24.4 Å². The molecule has 5 aliphatic rings. The highest BCUT2D eigenvalue weighted by Crippen LogP contribution is 2.40. The van der Waals surface area contributed by atoms with E-state index in [1.807, 2.05) is 6.92 Å². The largest absolute Gasteiger partial charge is 0.459 e. The van der Waals surface area contributed by atoms with E-state index in [9.17, 15) is 95.5 Å². The van der Waals surface area contributed by atoms with E-state index < -0.39 is 206 Å². The molecule has 4 aliphatic heterocycles. The lowest BCUT2D eigenvalue weighted by Gasteiger charge is -2.47. The average Bonchev–Trinajstić information content (AvgIpc) is 0.797. The highest BCUT2D eigenvalue weighted by Gasteiger charge is 2.51. The van der Waals surface area contributed by atoms with Crippen LogP contribution in [-0.2, 0) is 47.5 Å². The Morgan fingerprint density at radius 3 is 1.93 bits per heavy atom. The Morgan fingerprint density at radius 1 is 0.650 bits per heavy atom. The summed E-state index contributed by atoms with van der Waals surface area (Å²) < 4.78 is 43.1. The van der Waals surface area contributed by atoms with Gasteiger partial charge in [0, 0.05) is 71.6 Å². The molecule has 0 aromatic heterocycles. The summed E-state index contributed by atoms with van der Waals surface area (Å²) in [5.74, 6) is -11.3. The SMILES string of the molecule is CC[C@@H](O[C@@H]1C[C@@](C)(O)[C@@H](O[C@@H]2CC[C@H](OC(=O)[C@@H](C)[C@H](O)c3ccc4c(c3)C(=O)C=C(C)C4=O)[C@@H](C)O2)[C@H](C)O1)[C@H](C)[C@@H](O)[C@@H](C)[C@@H](O)[C@@H](C)[C@H]1OC(=O)/C=C\[C@@H](C)[C@@H](O)C[C@@H](O)CCC[C@@H](O)CC[C@@H](C)[C@@H](O)C(=O)[C@@]2(O)C[C@@H](O)C[C@@H](C[C@H](O)C[C@H](O)C[C@H](O)CCC[C@@H](O)/C=C\[C@@H]1C)O2. The predicted octanol–water partition coefficient (Wildman–Crippen LogP) is 5.13. The second-order valence-corrected chi connectivity index (χ2v) is 31.0. The predicted molar refractivity (Wildman–Crippen MR) is 375 cm³/mol. The van der Waals surface area contributed by atoms with Gasteiger partial charge in [-0.05, 0) is 161 Å². The molecular weight excluding hydrogens is 1340 g/mol. The summed E-state index contributed by atoms with van der Waals surface area (Å²) in [6.45, 7) is 20.0. The normalized spacial score (nSPS) is 39.1. The highest BCUT2D eigenvalue weighted by molar-refractivity contribution is 6.24. The molecule has 3 saturated heterocycles. The summed E-state index contributed by atoms with van der Waals surface area (Å²) in [6.07, 6.45) is -13.5. The second kappa shape index (κ2) is 39.6. The molecule has 3 fully saturated rings. The molecule has 1 aliphatic carbocycles. The number of ketones is 3. The third-order valence-electron chi connectivity index (χ3n) is 21.9. The van der Waals surface area contributed by atoms with Crippen molar-refractivity contribution in [3.63, 3.8) is 0 Å². The van der Waals surface area contributed by atoms with Crippen molar-refractivity contribution >= 4 is 29.3 Å². The van der Waals surface area contributed by atoms with E-state index in [-0.39, 0.29) is 112 Å². The van der Waals surface area contributed by atoms with Crippen molar-refractivity contribution in [2.24, 2.45) is 41.4 Å². The molecule has 0 amide bonds. The number of carbonyl (C=O) groups is 5. The Kier molecular flexibility index (Phi) is 33.7. The fraction of sp³-hybridized carbons (Fsp3) is 0.779. The number of benzene rings is 1. The molecule has 1 aromatic carbocycles. The van der Waals surface area contributed by atoms with Gasteiger partial charge in [-0.3, -0.25) is 19.2 Å². The minimum Gasteiger partial charge on any atom is -0.459 e. The maximum Gasteiger partial charge on any atom is 0.330 e.